The molecule has 1 atom stereocenters. The first-order valence-electron chi connectivity index (χ1n) is 8.90. The Morgan fingerprint density at radius 3 is 2.36 bits per heavy atom. The van der Waals surface area contributed by atoms with Gasteiger partial charge in [0.05, 0.1) is 10.9 Å². The van der Waals surface area contributed by atoms with Crippen molar-refractivity contribution in [3.05, 3.63) is 42.1 Å². The first-order chi connectivity index (χ1) is 13.2. The molecule has 1 aliphatic heterocycles. The van der Waals surface area contributed by atoms with Gasteiger partial charge >= 0.3 is 6.18 Å². The molecule has 1 aliphatic rings. The molecule has 0 saturated carbocycles. The number of alkyl halides is 3. The van der Waals surface area contributed by atoms with Crippen LogP contribution in [0, 0.1) is 0 Å². The highest BCUT2D eigenvalue weighted by Gasteiger charge is 2.34. The van der Waals surface area contributed by atoms with Gasteiger partial charge in [0.2, 0.25) is 5.91 Å². The lowest BCUT2D eigenvalue weighted by Gasteiger charge is -2.33. The summed E-state index contributed by atoms with van der Waals surface area (Å²) in [6.45, 7) is 4.46. The number of rotatable bonds is 4. The average Bonchev–Trinajstić information content (AvgIpc) is 2.68. The van der Waals surface area contributed by atoms with E-state index in [0.29, 0.717) is 18.7 Å². The third-order valence-corrected chi connectivity index (χ3v) is 5.46. The molecule has 1 fully saturated rings. The highest BCUT2D eigenvalue weighted by atomic mass is 32.2. The Morgan fingerprint density at radius 2 is 1.75 bits per heavy atom. The summed E-state index contributed by atoms with van der Waals surface area (Å²) in [5.41, 5.74) is -0.261. The Bertz CT molecular complexity index is 824. The number of amides is 1. The summed E-state index contributed by atoms with van der Waals surface area (Å²) in [5.74, 6) is -0.111. The van der Waals surface area contributed by atoms with Crippen LogP contribution in [0.4, 0.5) is 13.2 Å². The van der Waals surface area contributed by atoms with E-state index < -0.39 is 17.1 Å². The molecule has 1 aromatic heterocycles. The van der Waals surface area contributed by atoms with E-state index >= 15 is 0 Å². The summed E-state index contributed by atoms with van der Waals surface area (Å²) in [6.07, 6.45) is -4.59. The highest BCUT2D eigenvalue weighted by Crippen LogP contribution is 2.33. The van der Waals surface area contributed by atoms with Crippen LogP contribution in [-0.2, 0) is 11.0 Å². The maximum Gasteiger partial charge on any atom is 0.433 e. The number of hydrogen-bond acceptors (Lipinski definition) is 5. The molecule has 1 saturated heterocycles. The Labute approximate surface area is 166 Å². The second kappa shape index (κ2) is 8.48. The predicted molar refractivity (Wildman–Crippen MR) is 102 cm³/mol. The Balaban J connectivity index is 1.83. The van der Waals surface area contributed by atoms with Crippen LogP contribution in [0.25, 0.3) is 11.3 Å². The number of benzene rings is 1. The van der Waals surface area contributed by atoms with E-state index in [0.717, 1.165) is 30.9 Å². The lowest BCUT2D eigenvalue weighted by Crippen LogP contribution is -2.49. The number of likely N-dealkylation sites (N-methyl/N-ethyl adjacent to an activating group) is 1. The number of carbonyl (C=O) groups excluding carboxylic acids is 1. The maximum atomic E-state index is 13.3. The van der Waals surface area contributed by atoms with Gasteiger partial charge in [-0.15, -0.1) is 0 Å². The second-order valence-corrected chi connectivity index (χ2v) is 7.98. The van der Waals surface area contributed by atoms with Gasteiger partial charge in [-0.05, 0) is 20.0 Å². The molecule has 0 spiro atoms. The standard InChI is InChI=1S/C19H21F3N4OS/c1-13(17(27)26-10-8-25(2)9-11-26)28-18-23-15(14-6-4-3-5-7-14)12-16(24-18)19(20,21)22/h3-7,12-13H,8-11H2,1-2H3/t13-/m1/s1. The third kappa shape index (κ3) is 5.02. The topological polar surface area (TPSA) is 49.3 Å². The normalized spacial score (nSPS) is 16.8. The van der Waals surface area contributed by atoms with Gasteiger partial charge in [0.15, 0.2) is 5.16 Å². The molecular weight excluding hydrogens is 389 g/mol. The molecule has 0 aliphatic carbocycles. The van der Waals surface area contributed by atoms with E-state index in [9.17, 15) is 18.0 Å². The van der Waals surface area contributed by atoms with Crippen molar-refractivity contribution in [3.8, 4) is 11.3 Å². The summed E-state index contributed by atoms with van der Waals surface area (Å²) in [7, 11) is 1.99. The zero-order valence-corrected chi connectivity index (χ0v) is 16.4. The largest absolute Gasteiger partial charge is 0.433 e. The SMILES string of the molecule is C[C@@H](Sc1nc(-c2ccccc2)cc(C(F)(F)F)n1)C(=O)N1CCN(C)CC1. The van der Waals surface area contributed by atoms with Crippen LogP contribution in [0.2, 0.25) is 0 Å². The molecule has 0 unspecified atom stereocenters. The predicted octanol–water partition coefficient (Wildman–Crippen LogP) is 3.42. The molecule has 1 aromatic carbocycles. The van der Waals surface area contributed by atoms with E-state index in [1.54, 1.807) is 42.2 Å². The smallest absolute Gasteiger partial charge is 0.339 e. The van der Waals surface area contributed by atoms with E-state index in [1.165, 1.54) is 0 Å². The van der Waals surface area contributed by atoms with Gasteiger partial charge in [0.25, 0.3) is 0 Å². The minimum Gasteiger partial charge on any atom is -0.339 e. The van der Waals surface area contributed by atoms with Gasteiger partial charge in [-0.3, -0.25) is 4.79 Å². The molecule has 0 bridgehead atoms. The van der Waals surface area contributed by atoms with Gasteiger partial charge < -0.3 is 9.80 Å². The van der Waals surface area contributed by atoms with Crippen LogP contribution in [0.3, 0.4) is 0 Å². The Hall–Kier alpha value is -2.13. The molecule has 3 rings (SSSR count). The summed E-state index contributed by atoms with van der Waals surface area (Å²) < 4.78 is 39.9. The van der Waals surface area contributed by atoms with E-state index in [4.69, 9.17) is 0 Å². The zero-order chi connectivity index (χ0) is 20.3. The van der Waals surface area contributed by atoms with Gasteiger partial charge in [-0.25, -0.2) is 9.97 Å². The minimum atomic E-state index is -4.59. The Kier molecular flexibility index (Phi) is 6.24. The molecule has 9 heteroatoms. The second-order valence-electron chi connectivity index (χ2n) is 6.67. The van der Waals surface area contributed by atoms with E-state index in [2.05, 4.69) is 14.9 Å². The number of piperazine rings is 1. The number of thioether (sulfide) groups is 1. The zero-order valence-electron chi connectivity index (χ0n) is 15.6. The van der Waals surface area contributed by atoms with E-state index in [-0.39, 0.29) is 16.8 Å². The first kappa shape index (κ1) is 20.6. The molecule has 0 N–H and O–H groups in total. The quantitative estimate of drug-likeness (QED) is 0.571. The fraction of sp³-hybridized carbons (Fsp3) is 0.421. The van der Waals surface area contributed by atoms with Gasteiger partial charge in [-0.1, -0.05) is 42.1 Å². The summed E-state index contributed by atoms with van der Waals surface area (Å²) in [4.78, 5) is 24.4. The number of halogens is 3. The number of carbonyl (C=O) groups is 1. The molecule has 28 heavy (non-hydrogen) atoms. The minimum absolute atomic E-state index is 0.0522. The van der Waals surface area contributed by atoms with Crippen molar-refractivity contribution >= 4 is 17.7 Å². The summed E-state index contributed by atoms with van der Waals surface area (Å²) in [6, 6.07) is 9.56. The highest BCUT2D eigenvalue weighted by molar-refractivity contribution is 8.00. The summed E-state index contributed by atoms with van der Waals surface area (Å²) >= 11 is 0.958. The van der Waals surface area contributed by atoms with Crippen molar-refractivity contribution in [2.24, 2.45) is 0 Å². The molecule has 150 valence electrons. The fourth-order valence-electron chi connectivity index (χ4n) is 2.87. The average molecular weight is 410 g/mol. The van der Waals surface area contributed by atoms with Crippen molar-refractivity contribution < 1.29 is 18.0 Å². The maximum absolute atomic E-state index is 13.3. The van der Waals surface area contributed by atoms with Crippen LogP contribution in [0.1, 0.15) is 12.6 Å². The van der Waals surface area contributed by atoms with E-state index in [1.807, 2.05) is 7.05 Å². The van der Waals surface area contributed by atoms with Crippen molar-refractivity contribution in [2.45, 2.75) is 23.5 Å². The number of aromatic nitrogens is 2. The third-order valence-electron chi connectivity index (χ3n) is 4.51. The van der Waals surface area contributed by atoms with Gasteiger partial charge in [0, 0.05) is 31.7 Å². The van der Waals surface area contributed by atoms with Crippen molar-refractivity contribution in [1.29, 1.82) is 0 Å². The monoisotopic (exact) mass is 410 g/mol. The molecular formula is C19H21F3N4OS. The van der Waals surface area contributed by atoms with Crippen LogP contribution < -0.4 is 0 Å². The molecule has 2 heterocycles. The van der Waals surface area contributed by atoms with Crippen molar-refractivity contribution in [2.75, 3.05) is 33.2 Å². The first-order valence-corrected chi connectivity index (χ1v) is 9.77. The molecule has 5 nitrogen and oxygen atoms in total. The van der Waals surface area contributed by atoms with Crippen molar-refractivity contribution in [3.63, 3.8) is 0 Å². The number of hydrogen-bond donors (Lipinski definition) is 0. The number of nitrogens with zero attached hydrogens (tertiary/aromatic N) is 4. The Morgan fingerprint density at radius 1 is 1.11 bits per heavy atom. The summed E-state index contributed by atoms with van der Waals surface area (Å²) in [5, 5.41) is -0.626. The van der Waals surface area contributed by atoms with Crippen LogP contribution in [0.5, 0.6) is 0 Å². The van der Waals surface area contributed by atoms with Crippen LogP contribution in [-0.4, -0.2) is 64.2 Å². The van der Waals surface area contributed by atoms with Crippen LogP contribution >= 0.6 is 11.8 Å². The van der Waals surface area contributed by atoms with Gasteiger partial charge in [0.1, 0.15) is 5.69 Å². The lowest BCUT2D eigenvalue weighted by atomic mass is 10.1. The van der Waals surface area contributed by atoms with Crippen molar-refractivity contribution in [1.82, 2.24) is 19.8 Å². The lowest BCUT2D eigenvalue weighted by molar-refractivity contribution is -0.141. The van der Waals surface area contributed by atoms with Gasteiger partial charge in [-0.2, -0.15) is 13.2 Å². The molecule has 1 amide bonds. The molecule has 2 aromatic rings. The fourth-order valence-corrected chi connectivity index (χ4v) is 3.74. The van der Waals surface area contributed by atoms with Crippen LogP contribution in [0.15, 0.2) is 41.6 Å². The molecule has 0 radical (unpaired) electrons.